The first kappa shape index (κ1) is 15.0. The number of hydrogen-bond donors (Lipinski definition) is 2. The second kappa shape index (κ2) is 5.51. The molecule has 20 heavy (non-hydrogen) atoms. The Morgan fingerprint density at radius 1 is 1.35 bits per heavy atom. The lowest BCUT2D eigenvalue weighted by atomic mass is 10.1. The molecule has 1 atom stereocenters. The third-order valence-electron chi connectivity index (χ3n) is 3.04. The summed E-state index contributed by atoms with van der Waals surface area (Å²) in [6.07, 6.45) is 0.247. The third-order valence-corrected chi connectivity index (χ3v) is 5.07. The molecule has 0 aromatic heterocycles. The number of carbonyl (C=O) groups is 2. The molecule has 2 amide bonds. The van der Waals surface area contributed by atoms with Gasteiger partial charge in [-0.1, -0.05) is 17.7 Å². The molecule has 1 aromatic carbocycles. The number of amides is 2. The van der Waals surface area contributed by atoms with E-state index in [0.29, 0.717) is 10.6 Å². The lowest BCUT2D eigenvalue weighted by Crippen LogP contribution is -2.52. The zero-order valence-electron chi connectivity index (χ0n) is 10.6. The summed E-state index contributed by atoms with van der Waals surface area (Å²) < 4.78 is 26.8. The topological polar surface area (TPSA) is 92.3 Å². The maximum absolute atomic E-state index is 12.3. The number of carbonyl (C=O) groups excluding carboxylic acids is 2. The maximum atomic E-state index is 12.3. The second-order valence-electron chi connectivity index (χ2n) is 4.49. The molecule has 0 bridgehead atoms. The summed E-state index contributed by atoms with van der Waals surface area (Å²) in [5, 5.41) is 2.43. The minimum atomic E-state index is -3.87. The molecule has 2 N–H and O–H groups in total. The van der Waals surface area contributed by atoms with Crippen molar-refractivity contribution in [3.8, 4) is 0 Å². The minimum absolute atomic E-state index is 0.0229. The van der Waals surface area contributed by atoms with Crippen LogP contribution in [0, 0.1) is 6.92 Å². The highest BCUT2D eigenvalue weighted by Crippen LogP contribution is 2.23. The van der Waals surface area contributed by atoms with Crippen LogP contribution in [0.2, 0.25) is 5.02 Å². The number of sulfonamides is 1. The number of benzene rings is 1. The van der Waals surface area contributed by atoms with E-state index in [-0.39, 0.29) is 17.7 Å². The summed E-state index contributed by atoms with van der Waals surface area (Å²) in [6.45, 7) is 1.58. The molecular formula is C12H13ClN2O4S. The van der Waals surface area contributed by atoms with Crippen molar-refractivity contribution in [1.82, 2.24) is 10.0 Å². The average molecular weight is 317 g/mol. The molecule has 6 nitrogen and oxygen atoms in total. The second-order valence-corrected chi connectivity index (χ2v) is 6.58. The van der Waals surface area contributed by atoms with Gasteiger partial charge in [0.2, 0.25) is 21.8 Å². The Hall–Kier alpha value is -1.44. The molecule has 1 saturated heterocycles. The van der Waals surface area contributed by atoms with E-state index in [9.17, 15) is 18.0 Å². The quantitative estimate of drug-likeness (QED) is 0.804. The van der Waals surface area contributed by atoms with Crippen LogP contribution in [0.25, 0.3) is 0 Å². The van der Waals surface area contributed by atoms with Crippen LogP contribution in [-0.4, -0.2) is 26.3 Å². The lowest BCUT2D eigenvalue weighted by molar-refractivity contribution is -0.134. The van der Waals surface area contributed by atoms with Crippen LogP contribution in [0.15, 0.2) is 23.1 Å². The molecular weight excluding hydrogens is 304 g/mol. The Balaban J connectivity index is 2.26. The van der Waals surface area contributed by atoms with Gasteiger partial charge in [0.25, 0.3) is 0 Å². The minimum Gasteiger partial charge on any atom is -0.295 e. The molecule has 0 aliphatic carbocycles. The Morgan fingerprint density at radius 3 is 2.70 bits per heavy atom. The number of nitrogens with one attached hydrogen (secondary N) is 2. The van der Waals surface area contributed by atoms with Gasteiger partial charge in [-0.25, -0.2) is 8.42 Å². The third kappa shape index (κ3) is 3.00. The van der Waals surface area contributed by atoms with Gasteiger partial charge in [-0.15, -0.1) is 0 Å². The van der Waals surface area contributed by atoms with Crippen LogP contribution in [0.5, 0.6) is 0 Å². The number of piperidine rings is 1. The summed E-state index contributed by atoms with van der Waals surface area (Å²) in [5.41, 5.74) is 0.411. The van der Waals surface area contributed by atoms with Crippen molar-refractivity contribution in [3.63, 3.8) is 0 Å². The highest BCUT2D eigenvalue weighted by atomic mass is 35.5. The summed E-state index contributed by atoms with van der Waals surface area (Å²) in [4.78, 5) is 22.6. The van der Waals surface area contributed by atoms with E-state index >= 15 is 0 Å². The van der Waals surface area contributed by atoms with Crippen LogP contribution < -0.4 is 10.0 Å². The molecule has 1 fully saturated rings. The van der Waals surface area contributed by atoms with Gasteiger partial charge in [-0.3, -0.25) is 14.9 Å². The van der Waals surface area contributed by atoms with Crippen LogP contribution in [0.3, 0.4) is 0 Å². The largest absolute Gasteiger partial charge is 0.295 e. The fourth-order valence-electron chi connectivity index (χ4n) is 1.94. The fourth-order valence-corrected chi connectivity index (χ4v) is 3.66. The molecule has 8 heteroatoms. The van der Waals surface area contributed by atoms with Gasteiger partial charge >= 0.3 is 0 Å². The SMILES string of the molecule is Cc1c(Cl)cccc1S(=O)(=O)NC1CCC(=O)NC1=O. The molecule has 1 heterocycles. The summed E-state index contributed by atoms with van der Waals surface area (Å²) in [5.74, 6) is -1.03. The van der Waals surface area contributed by atoms with Crippen LogP contribution >= 0.6 is 11.6 Å². The van der Waals surface area contributed by atoms with Crippen molar-refractivity contribution >= 4 is 33.4 Å². The average Bonchev–Trinajstić information content (AvgIpc) is 2.36. The lowest BCUT2D eigenvalue weighted by Gasteiger charge is -2.22. The molecule has 2 rings (SSSR count). The van der Waals surface area contributed by atoms with Crippen LogP contribution in [0.1, 0.15) is 18.4 Å². The molecule has 0 spiro atoms. The van der Waals surface area contributed by atoms with E-state index in [1.807, 2.05) is 0 Å². The first-order valence-corrected chi connectivity index (χ1v) is 7.78. The zero-order chi connectivity index (χ0) is 14.9. The first-order valence-electron chi connectivity index (χ1n) is 5.92. The number of halogens is 1. The van der Waals surface area contributed by atoms with Gasteiger partial charge < -0.3 is 0 Å². The van der Waals surface area contributed by atoms with E-state index in [0.717, 1.165) is 0 Å². The smallest absolute Gasteiger partial charge is 0.244 e. The standard InChI is InChI=1S/C12H13ClN2O4S/c1-7-8(13)3-2-4-10(7)20(18,19)15-9-5-6-11(16)14-12(9)17/h2-4,9,15H,5-6H2,1H3,(H,14,16,17). The Bertz CT molecular complexity index is 672. The van der Waals surface area contributed by atoms with Gasteiger partial charge in [-0.2, -0.15) is 4.72 Å². The van der Waals surface area contributed by atoms with Gasteiger partial charge in [0.1, 0.15) is 6.04 Å². The van der Waals surface area contributed by atoms with E-state index < -0.39 is 27.9 Å². The highest BCUT2D eigenvalue weighted by molar-refractivity contribution is 7.89. The van der Waals surface area contributed by atoms with Crippen molar-refractivity contribution in [2.45, 2.75) is 30.7 Å². The van der Waals surface area contributed by atoms with Crippen molar-refractivity contribution in [1.29, 1.82) is 0 Å². The Labute approximate surface area is 121 Å². The molecule has 108 valence electrons. The first-order chi connectivity index (χ1) is 9.31. The predicted molar refractivity (Wildman–Crippen MR) is 72.7 cm³/mol. The van der Waals surface area contributed by atoms with E-state index in [2.05, 4.69) is 10.0 Å². The van der Waals surface area contributed by atoms with Crippen molar-refractivity contribution in [2.24, 2.45) is 0 Å². The summed E-state index contributed by atoms with van der Waals surface area (Å²) in [6, 6.07) is 3.57. The summed E-state index contributed by atoms with van der Waals surface area (Å²) >= 11 is 5.89. The number of hydrogen-bond acceptors (Lipinski definition) is 4. The predicted octanol–water partition coefficient (Wildman–Crippen LogP) is 0.732. The van der Waals surface area contributed by atoms with Crippen LogP contribution in [0.4, 0.5) is 0 Å². The fraction of sp³-hybridized carbons (Fsp3) is 0.333. The number of imide groups is 1. The van der Waals surface area contributed by atoms with Gasteiger partial charge in [0.15, 0.2) is 0 Å². The van der Waals surface area contributed by atoms with Gasteiger partial charge in [-0.05, 0) is 31.0 Å². The highest BCUT2D eigenvalue weighted by Gasteiger charge is 2.31. The molecule has 0 saturated carbocycles. The van der Waals surface area contributed by atoms with Crippen molar-refractivity contribution in [3.05, 3.63) is 28.8 Å². The molecule has 1 aliphatic heterocycles. The zero-order valence-corrected chi connectivity index (χ0v) is 12.2. The molecule has 1 aromatic rings. The Kier molecular flexibility index (Phi) is 4.12. The molecule has 1 aliphatic rings. The van der Waals surface area contributed by atoms with E-state index in [4.69, 9.17) is 11.6 Å². The van der Waals surface area contributed by atoms with Gasteiger partial charge in [0, 0.05) is 11.4 Å². The van der Waals surface area contributed by atoms with Gasteiger partial charge in [0.05, 0.1) is 4.90 Å². The van der Waals surface area contributed by atoms with Crippen LogP contribution in [-0.2, 0) is 19.6 Å². The maximum Gasteiger partial charge on any atom is 0.244 e. The molecule has 1 unspecified atom stereocenters. The summed E-state index contributed by atoms with van der Waals surface area (Å²) in [7, 11) is -3.87. The molecule has 0 radical (unpaired) electrons. The van der Waals surface area contributed by atoms with Crippen molar-refractivity contribution in [2.75, 3.05) is 0 Å². The van der Waals surface area contributed by atoms with E-state index in [1.54, 1.807) is 13.0 Å². The normalized spacial score (nSPS) is 19.8. The van der Waals surface area contributed by atoms with E-state index in [1.165, 1.54) is 12.1 Å². The number of rotatable bonds is 3. The monoisotopic (exact) mass is 316 g/mol. The Morgan fingerprint density at radius 2 is 2.05 bits per heavy atom. The van der Waals surface area contributed by atoms with Crippen molar-refractivity contribution < 1.29 is 18.0 Å².